The fourth-order valence-corrected chi connectivity index (χ4v) is 6.05. The third-order valence-corrected chi connectivity index (χ3v) is 7.50. The molecule has 30 heavy (non-hydrogen) atoms. The Morgan fingerprint density at radius 2 is 2.17 bits per heavy atom. The summed E-state index contributed by atoms with van der Waals surface area (Å²) in [7, 11) is 0. The lowest BCUT2D eigenvalue weighted by Gasteiger charge is -2.42. The van der Waals surface area contributed by atoms with Gasteiger partial charge in [-0.15, -0.1) is 0 Å². The van der Waals surface area contributed by atoms with Gasteiger partial charge in [0, 0.05) is 50.0 Å². The molecule has 0 aliphatic carbocycles. The minimum Gasteiger partial charge on any atom is -0.379 e. The smallest absolute Gasteiger partial charge is 0.225 e. The van der Waals surface area contributed by atoms with Gasteiger partial charge in [0.15, 0.2) is 5.96 Å². The van der Waals surface area contributed by atoms with Gasteiger partial charge in [-0.3, -0.25) is 14.7 Å². The summed E-state index contributed by atoms with van der Waals surface area (Å²) in [5.41, 5.74) is 2.25. The molecule has 2 unspecified atom stereocenters. The number of carbonyl (C=O) groups is 1. The van der Waals surface area contributed by atoms with Gasteiger partial charge < -0.3 is 20.7 Å². The number of guanidine groups is 1. The highest BCUT2D eigenvalue weighted by Gasteiger charge is 2.40. The first-order chi connectivity index (χ1) is 14.7. The van der Waals surface area contributed by atoms with Crippen LogP contribution < -0.4 is 16.0 Å². The van der Waals surface area contributed by atoms with Crippen molar-refractivity contribution in [3.05, 3.63) is 29.8 Å². The van der Waals surface area contributed by atoms with Crippen molar-refractivity contribution in [1.29, 1.82) is 0 Å². The maximum absolute atomic E-state index is 12.1. The van der Waals surface area contributed by atoms with Crippen LogP contribution in [0.1, 0.15) is 31.2 Å². The molecular formula is C22H33N5O2S. The Bertz CT molecular complexity index is 760. The van der Waals surface area contributed by atoms with Crippen LogP contribution in [0.5, 0.6) is 0 Å². The molecule has 8 heteroatoms. The molecule has 1 amide bonds. The number of thioether (sulfide) groups is 1. The number of ether oxygens (including phenoxy) is 1. The number of aliphatic imine (C=N–C) groups is 1. The normalized spacial score (nSPS) is 27.4. The van der Waals surface area contributed by atoms with E-state index in [0.717, 1.165) is 56.8 Å². The number of hydrogen-bond acceptors (Lipinski definition) is 5. The van der Waals surface area contributed by atoms with Crippen molar-refractivity contribution in [1.82, 2.24) is 15.5 Å². The lowest BCUT2D eigenvalue weighted by atomic mass is 9.90. The molecule has 2 fully saturated rings. The first-order valence-corrected chi connectivity index (χ1v) is 12.2. The van der Waals surface area contributed by atoms with E-state index >= 15 is 0 Å². The van der Waals surface area contributed by atoms with Crippen molar-refractivity contribution in [2.45, 2.75) is 31.2 Å². The maximum atomic E-state index is 12.1. The van der Waals surface area contributed by atoms with Gasteiger partial charge in [-0.05, 0) is 30.7 Å². The molecule has 1 aromatic rings. The zero-order chi connectivity index (χ0) is 20.8. The second-order valence-electron chi connectivity index (χ2n) is 8.24. The Morgan fingerprint density at radius 1 is 1.33 bits per heavy atom. The van der Waals surface area contributed by atoms with Crippen LogP contribution in [-0.4, -0.2) is 79.7 Å². The molecule has 3 aliphatic heterocycles. The molecule has 0 spiro atoms. The van der Waals surface area contributed by atoms with Crippen LogP contribution >= 0.6 is 11.8 Å². The third-order valence-electron chi connectivity index (χ3n) is 6.26. The Labute approximate surface area is 183 Å². The van der Waals surface area contributed by atoms with Crippen LogP contribution in [0.4, 0.5) is 5.69 Å². The summed E-state index contributed by atoms with van der Waals surface area (Å²) in [6, 6.07) is 8.08. The number of para-hydroxylation sites is 1. The number of anilines is 1. The SMILES string of the molecule is CCNC(=NCC1(N2CCOCC2)CCSC1)NCC1CC(=O)Nc2ccccc21. The van der Waals surface area contributed by atoms with E-state index in [0.29, 0.717) is 13.0 Å². The molecule has 0 saturated carbocycles. The minimum absolute atomic E-state index is 0.0803. The summed E-state index contributed by atoms with van der Waals surface area (Å²) in [5, 5.41) is 9.87. The summed E-state index contributed by atoms with van der Waals surface area (Å²) < 4.78 is 5.57. The van der Waals surface area contributed by atoms with Gasteiger partial charge in [0.05, 0.1) is 25.3 Å². The fourth-order valence-electron chi connectivity index (χ4n) is 4.58. The van der Waals surface area contributed by atoms with Crippen molar-refractivity contribution >= 4 is 29.3 Å². The first kappa shape index (κ1) is 21.5. The summed E-state index contributed by atoms with van der Waals surface area (Å²) in [6.45, 7) is 8.00. The zero-order valence-electron chi connectivity index (χ0n) is 17.8. The van der Waals surface area contributed by atoms with E-state index in [9.17, 15) is 4.79 Å². The van der Waals surface area contributed by atoms with E-state index in [1.807, 2.05) is 30.0 Å². The average molecular weight is 432 g/mol. The van der Waals surface area contributed by atoms with E-state index in [1.165, 1.54) is 17.7 Å². The monoisotopic (exact) mass is 431 g/mol. The number of benzene rings is 1. The average Bonchev–Trinajstić information content (AvgIpc) is 3.26. The summed E-state index contributed by atoms with van der Waals surface area (Å²) >= 11 is 2.03. The molecule has 7 nitrogen and oxygen atoms in total. The van der Waals surface area contributed by atoms with Gasteiger partial charge >= 0.3 is 0 Å². The van der Waals surface area contributed by atoms with Crippen molar-refractivity contribution in [3.8, 4) is 0 Å². The van der Waals surface area contributed by atoms with Gasteiger partial charge in [0.2, 0.25) is 5.91 Å². The molecule has 3 heterocycles. The quantitative estimate of drug-likeness (QED) is 0.472. The summed E-state index contributed by atoms with van der Waals surface area (Å²) in [5.74, 6) is 3.40. The standard InChI is InChI=1S/C22H33N5O2S/c1-2-23-21(24-14-17-13-20(28)26-19-6-4-3-5-18(17)19)25-15-22(7-12-30-16-22)27-8-10-29-11-9-27/h3-6,17H,2,7-16H2,1H3,(H,26,28)(H2,23,24,25). The van der Waals surface area contributed by atoms with Crippen LogP contribution in [0.15, 0.2) is 29.3 Å². The minimum atomic E-state index is 0.0803. The lowest BCUT2D eigenvalue weighted by Crippen LogP contribution is -2.56. The second kappa shape index (κ2) is 10.0. The van der Waals surface area contributed by atoms with E-state index in [2.05, 4.69) is 33.8 Å². The number of fused-ring (bicyclic) bond motifs is 1. The van der Waals surface area contributed by atoms with E-state index in [1.54, 1.807) is 0 Å². The number of nitrogens with zero attached hydrogens (tertiary/aromatic N) is 2. The molecule has 164 valence electrons. The van der Waals surface area contributed by atoms with E-state index in [-0.39, 0.29) is 17.4 Å². The predicted molar refractivity (Wildman–Crippen MR) is 123 cm³/mol. The lowest BCUT2D eigenvalue weighted by molar-refractivity contribution is -0.116. The third kappa shape index (κ3) is 4.92. The number of carbonyl (C=O) groups excluding carboxylic acids is 1. The van der Waals surface area contributed by atoms with Crippen molar-refractivity contribution in [2.75, 3.05) is 62.8 Å². The number of amides is 1. The molecule has 0 bridgehead atoms. The molecule has 2 saturated heterocycles. The molecule has 1 aromatic carbocycles. The number of hydrogen-bond donors (Lipinski definition) is 3. The van der Waals surface area contributed by atoms with Crippen molar-refractivity contribution in [3.63, 3.8) is 0 Å². The summed E-state index contributed by atoms with van der Waals surface area (Å²) in [4.78, 5) is 19.7. The largest absolute Gasteiger partial charge is 0.379 e. The Morgan fingerprint density at radius 3 is 2.93 bits per heavy atom. The highest BCUT2D eigenvalue weighted by molar-refractivity contribution is 7.99. The summed E-state index contributed by atoms with van der Waals surface area (Å²) in [6.07, 6.45) is 1.68. The number of morpholine rings is 1. The van der Waals surface area contributed by atoms with E-state index < -0.39 is 0 Å². The van der Waals surface area contributed by atoms with Crippen LogP contribution in [0.3, 0.4) is 0 Å². The predicted octanol–water partition coefficient (Wildman–Crippen LogP) is 1.88. The van der Waals surface area contributed by atoms with Gasteiger partial charge in [-0.2, -0.15) is 11.8 Å². The second-order valence-corrected chi connectivity index (χ2v) is 9.34. The highest BCUT2D eigenvalue weighted by Crippen LogP contribution is 2.34. The molecule has 4 rings (SSSR count). The van der Waals surface area contributed by atoms with Gasteiger partial charge in [-0.25, -0.2) is 0 Å². The molecule has 3 N–H and O–H groups in total. The number of nitrogens with one attached hydrogen (secondary N) is 3. The maximum Gasteiger partial charge on any atom is 0.225 e. The van der Waals surface area contributed by atoms with Crippen LogP contribution in [-0.2, 0) is 9.53 Å². The number of rotatable bonds is 6. The molecule has 3 aliphatic rings. The molecule has 0 aromatic heterocycles. The Hall–Kier alpha value is -1.77. The molecule has 0 radical (unpaired) electrons. The Balaban J connectivity index is 1.43. The first-order valence-electron chi connectivity index (χ1n) is 11.0. The zero-order valence-corrected chi connectivity index (χ0v) is 18.6. The van der Waals surface area contributed by atoms with Crippen LogP contribution in [0.25, 0.3) is 0 Å². The van der Waals surface area contributed by atoms with Crippen molar-refractivity contribution in [2.24, 2.45) is 4.99 Å². The molecule has 2 atom stereocenters. The van der Waals surface area contributed by atoms with Crippen LogP contribution in [0, 0.1) is 0 Å². The van der Waals surface area contributed by atoms with Gasteiger partial charge in [0.1, 0.15) is 0 Å². The highest BCUT2D eigenvalue weighted by atomic mass is 32.2. The topological polar surface area (TPSA) is 78.0 Å². The van der Waals surface area contributed by atoms with Crippen molar-refractivity contribution < 1.29 is 9.53 Å². The van der Waals surface area contributed by atoms with Crippen LogP contribution in [0.2, 0.25) is 0 Å². The molecular weight excluding hydrogens is 398 g/mol. The van der Waals surface area contributed by atoms with Gasteiger partial charge in [0.25, 0.3) is 0 Å². The fraction of sp³-hybridized carbons (Fsp3) is 0.636. The Kier molecular flexibility index (Phi) is 7.17. The van der Waals surface area contributed by atoms with Gasteiger partial charge in [-0.1, -0.05) is 18.2 Å². The van der Waals surface area contributed by atoms with E-state index in [4.69, 9.17) is 9.73 Å².